The van der Waals surface area contributed by atoms with E-state index in [1.165, 1.54) is 10.4 Å². The average Bonchev–Trinajstić information content (AvgIpc) is 2.96. The molecule has 5 nitrogen and oxygen atoms in total. The monoisotopic (exact) mass is 288 g/mol. The SMILES string of the molecule is NNc1ncccc1C(=O)NC1CCCc2sccc21. The van der Waals surface area contributed by atoms with Gasteiger partial charge in [0.25, 0.3) is 5.91 Å². The number of hydrazine groups is 1. The summed E-state index contributed by atoms with van der Waals surface area (Å²) < 4.78 is 0. The fourth-order valence-corrected chi connectivity index (χ4v) is 3.56. The van der Waals surface area contributed by atoms with Gasteiger partial charge in [0.15, 0.2) is 5.82 Å². The van der Waals surface area contributed by atoms with Crippen molar-refractivity contribution < 1.29 is 4.79 Å². The number of amides is 1. The number of hydrogen-bond acceptors (Lipinski definition) is 5. The molecule has 1 atom stereocenters. The maximum absolute atomic E-state index is 12.4. The number of aromatic nitrogens is 1. The summed E-state index contributed by atoms with van der Waals surface area (Å²) in [5.41, 5.74) is 4.18. The van der Waals surface area contributed by atoms with Crippen LogP contribution in [0.1, 0.15) is 39.7 Å². The van der Waals surface area contributed by atoms with E-state index in [-0.39, 0.29) is 11.9 Å². The van der Waals surface area contributed by atoms with Crippen LogP contribution in [0.2, 0.25) is 0 Å². The van der Waals surface area contributed by atoms with E-state index in [1.54, 1.807) is 29.7 Å². The Morgan fingerprint density at radius 1 is 1.45 bits per heavy atom. The zero-order chi connectivity index (χ0) is 13.9. The Bertz CT molecular complexity index is 625. The fourth-order valence-electron chi connectivity index (χ4n) is 2.58. The number of nitrogens with one attached hydrogen (secondary N) is 2. The van der Waals surface area contributed by atoms with Gasteiger partial charge in [-0.2, -0.15) is 0 Å². The summed E-state index contributed by atoms with van der Waals surface area (Å²) in [5, 5.41) is 5.17. The van der Waals surface area contributed by atoms with Crippen LogP contribution in [0.15, 0.2) is 29.8 Å². The highest BCUT2D eigenvalue weighted by Crippen LogP contribution is 2.33. The van der Waals surface area contributed by atoms with Crippen molar-refractivity contribution in [3.8, 4) is 0 Å². The van der Waals surface area contributed by atoms with Crippen LogP contribution in [-0.2, 0) is 6.42 Å². The van der Waals surface area contributed by atoms with Crippen molar-refractivity contribution in [2.24, 2.45) is 5.84 Å². The van der Waals surface area contributed by atoms with E-state index in [4.69, 9.17) is 5.84 Å². The van der Waals surface area contributed by atoms with Gasteiger partial charge in [0, 0.05) is 11.1 Å². The number of thiophene rings is 1. The lowest BCUT2D eigenvalue weighted by Crippen LogP contribution is -2.31. The number of nitrogens with two attached hydrogens (primary N) is 1. The fraction of sp³-hybridized carbons (Fsp3) is 0.286. The first kappa shape index (κ1) is 13.1. The zero-order valence-corrected chi connectivity index (χ0v) is 11.7. The van der Waals surface area contributed by atoms with Gasteiger partial charge in [0.1, 0.15) is 0 Å². The lowest BCUT2D eigenvalue weighted by molar-refractivity contribution is 0.0933. The number of carbonyl (C=O) groups is 1. The molecular weight excluding hydrogens is 272 g/mol. The molecule has 20 heavy (non-hydrogen) atoms. The quantitative estimate of drug-likeness (QED) is 0.597. The van der Waals surface area contributed by atoms with E-state index in [0.717, 1.165) is 19.3 Å². The van der Waals surface area contributed by atoms with E-state index in [1.807, 2.05) is 0 Å². The Morgan fingerprint density at radius 2 is 2.35 bits per heavy atom. The van der Waals surface area contributed by atoms with Crippen molar-refractivity contribution in [2.45, 2.75) is 25.3 Å². The first-order valence-electron chi connectivity index (χ1n) is 6.58. The second kappa shape index (κ2) is 5.60. The smallest absolute Gasteiger partial charge is 0.255 e. The molecule has 0 fully saturated rings. The number of anilines is 1. The molecule has 1 aliphatic carbocycles. The lowest BCUT2D eigenvalue weighted by atomic mass is 9.94. The number of carbonyl (C=O) groups excluding carboxylic acids is 1. The summed E-state index contributed by atoms with van der Waals surface area (Å²) in [7, 11) is 0. The van der Waals surface area contributed by atoms with Crippen molar-refractivity contribution >= 4 is 23.1 Å². The number of nitrogen functional groups attached to an aromatic ring is 1. The van der Waals surface area contributed by atoms with E-state index < -0.39 is 0 Å². The van der Waals surface area contributed by atoms with Crippen LogP contribution in [0.4, 0.5) is 5.82 Å². The van der Waals surface area contributed by atoms with Gasteiger partial charge in [-0.1, -0.05) is 0 Å². The highest BCUT2D eigenvalue weighted by atomic mass is 32.1. The third-order valence-corrected chi connectivity index (χ3v) is 4.54. The highest BCUT2D eigenvalue weighted by Gasteiger charge is 2.24. The third kappa shape index (κ3) is 2.39. The number of nitrogens with zero attached hydrogens (tertiary/aromatic N) is 1. The predicted octanol–water partition coefficient (Wildman–Crippen LogP) is 2.24. The van der Waals surface area contributed by atoms with Gasteiger partial charge in [-0.25, -0.2) is 10.8 Å². The molecule has 0 saturated heterocycles. The lowest BCUT2D eigenvalue weighted by Gasteiger charge is -2.24. The van der Waals surface area contributed by atoms with E-state index >= 15 is 0 Å². The first-order valence-corrected chi connectivity index (χ1v) is 7.46. The van der Waals surface area contributed by atoms with Crippen LogP contribution >= 0.6 is 11.3 Å². The van der Waals surface area contributed by atoms with Crippen LogP contribution in [0, 0.1) is 0 Å². The van der Waals surface area contributed by atoms with E-state index in [0.29, 0.717) is 11.4 Å². The Morgan fingerprint density at radius 3 is 3.20 bits per heavy atom. The molecule has 0 saturated carbocycles. The molecule has 2 aromatic heterocycles. The van der Waals surface area contributed by atoms with Crippen molar-refractivity contribution in [1.82, 2.24) is 10.3 Å². The molecule has 6 heteroatoms. The highest BCUT2D eigenvalue weighted by molar-refractivity contribution is 7.10. The third-order valence-electron chi connectivity index (χ3n) is 3.55. The van der Waals surface area contributed by atoms with Crippen molar-refractivity contribution in [3.63, 3.8) is 0 Å². The molecule has 1 amide bonds. The number of aryl methyl sites for hydroxylation is 1. The second-order valence-corrected chi connectivity index (χ2v) is 5.76. The minimum absolute atomic E-state index is 0.0864. The molecule has 4 N–H and O–H groups in total. The van der Waals surface area contributed by atoms with Crippen molar-refractivity contribution in [3.05, 3.63) is 45.8 Å². The summed E-state index contributed by atoms with van der Waals surface area (Å²) >= 11 is 1.76. The van der Waals surface area contributed by atoms with Crippen LogP contribution in [0.25, 0.3) is 0 Å². The molecular formula is C14H16N4OS. The van der Waals surface area contributed by atoms with Crippen LogP contribution in [0.3, 0.4) is 0 Å². The molecule has 0 spiro atoms. The Hall–Kier alpha value is -1.92. The summed E-state index contributed by atoms with van der Waals surface area (Å²) in [6.07, 6.45) is 4.79. The summed E-state index contributed by atoms with van der Waals surface area (Å²) in [6.45, 7) is 0. The Kier molecular flexibility index (Phi) is 3.66. The maximum Gasteiger partial charge on any atom is 0.255 e. The van der Waals surface area contributed by atoms with Gasteiger partial charge in [0.2, 0.25) is 0 Å². The largest absolute Gasteiger partial charge is 0.345 e. The summed E-state index contributed by atoms with van der Waals surface area (Å²) in [6, 6.07) is 5.64. The molecule has 1 unspecified atom stereocenters. The van der Waals surface area contributed by atoms with Crippen LogP contribution in [-0.4, -0.2) is 10.9 Å². The van der Waals surface area contributed by atoms with E-state index in [9.17, 15) is 4.79 Å². The van der Waals surface area contributed by atoms with Gasteiger partial charge in [-0.05, 0) is 48.4 Å². The summed E-state index contributed by atoms with van der Waals surface area (Å²) in [5.74, 6) is 5.64. The van der Waals surface area contributed by atoms with E-state index in [2.05, 4.69) is 27.2 Å². The first-order chi connectivity index (χ1) is 9.79. The molecule has 3 rings (SSSR count). The van der Waals surface area contributed by atoms with Crippen molar-refractivity contribution in [2.75, 3.05) is 5.43 Å². The molecule has 0 bridgehead atoms. The normalized spacial score (nSPS) is 17.4. The maximum atomic E-state index is 12.4. The second-order valence-electron chi connectivity index (χ2n) is 4.76. The molecule has 2 aromatic rings. The number of fused-ring (bicyclic) bond motifs is 1. The average molecular weight is 288 g/mol. The predicted molar refractivity (Wildman–Crippen MR) is 79.5 cm³/mol. The van der Waals surface area contributed by atoms with Gasteiger partial charge in [-0.15, -0.1) is 11.3 Å². The number of rotatable bonds is 3. The molecule has 0 aliphatic heterocycles. The number of hydrogen-bond donors (Lipinski definition) is 3. The van der Waals surface area contributed by atoms with Crippen LogP contribution in [0.5, 0.6) is 0 Å². The Balaban J connectivity index is 1.81. The minimum atomic E-state index is -0.143. The topological polar surface area (TPSA) is 80.0 Å². The zero-order valence-electron chi connectivity index (χ0n) is 10.9. The molecule has 2 heterocycles. The minimum Gasteiger partial charge on any atom is -0.345 e. The molecule has 1 aliphatic rings. The molecule has 0 aromatic carbocycles. The summed E-state index contributed by atoms with van der Waals surface area (Å²) in [4.78, 5) is 17.8. The Labute approximate surface area is 121 Å². The van der Waals surface area contributed by atoms with Gasteiger partial charge < -0.3 is 10.7 Å². The molecule has 104 valence electrons. The van der Waals surface area contributed by atoms with Gasteiger partial charge >= 0.3 is 0 Å². The van der Waals surface area contributed by atoms with Crippen molar-refractivity contribution in [1.29, 1.82) is 0 Å². The molecule has 0 radical (unpaired) electrons. The number of pyridine rings is 1. The van der Waals surface area contributed by atoms with Gasteiger partial charge in [-0.3, -0.25) is 4.79 Å². The van der Waals surface area contributed by atoms with Crippen LogP contribution < -0.4 is 16.6 Å². The standard InChI is InChI=1S/C14H16N4OS/c15-18-13-10(3-2-7-16-13)14(19)17-11-4-1-5-12-9(11)6-8-20-12/h2-3,6-8,11H,1,4-5,15H2,(H,16,18)(H,17,19). The van der Waals surface area contributed by atoms with Gasteiger partial charge in [0.05, 0.1) is 11.6 Å².